The number of benzene rings is 1. The standard InChI is InChI=1S/C30H37N5O4/c1-17(2)30(24(14-31)26(32)38-27-25(30)18(3)34-35-27)23-12-20(11-22(13-23)16-36)8-7-19-9-21(10-19)15-33-28(37)39-29(4,5)6/h11-13,17,19,21,36H,9-10,15-16,32H2,1-6H3,(H,33,37)(H,34,35). The van der Waals surface area contributed by atoms with Gasteiger partial charge in [-0.2, -0.15) is 5.26 Å². The van der Waals surface area contributed by atoms with Crippen molar-refractivity contribution in [3.05, 3.63) is 57.6 Å². The Morgan fingerprint density at radius 2 is 2.08 bits per heavy atom. The van der Waals surface area contributed by atoms with Crippen LogP contribution in [0.4, 0.5) is 4.79 Å². The highest BCUT2D eigenvalue weighted by atomic mass is 16.6. The van der Waals surface area contributed by atoms with Crippen LogP contribution >= 0.6 is 0 Å². The van der Waals surface area contributed by atoms with Gasteiger partial charge < -0.3 is 25.6 Å². The molecular weight excluding hydrogens is 494 g/mol. The minimum Gasteiger partial charge on any atom is -0.444 e. The summed E-state index contributed by atoms with van der Waals surface area (Å²) < 4.78 is 11.0. The van der Waals surface area contributed by atoms with E-state index in [-0.39, 0.29) is 24.3 Å². The first-order valence-electron chi connectivity index (χ1n) is 13.3. The number of carbonyl (C=O) groups excluding carboxylic acids is 1. The monoisotopic (exact) mass is 531 g/mol. The summed E-state index contributed by atoms with van der Waals surface area (Å²) in [4.78, 5) is 11.9. The lowest BCUT2D eigenvalue weighted by molar-refractivity contribution is 0.0504. The van der Waals surface area contributed by atoms with Crippen LogP contribution in [0.25, 0.3) is 0 Å². The summed E-state index contributed by atoms with van der Waals surface area (Å²) in [5.41, 5.74) is 8.89. The lowest BCUT2D eigenvalue weighted by Gasteiger charge is -2.41. The number of carbonyl (C=O) groups is 1. The Bertz CT molecular complexity index is 1390. The number of aromatic amines is 1. The van der Waals surface area contributed by atoms with E-state index in [9.17, 15) is 15.2 Å². The molecule has 2 aromatic rings. The summed E-state index contributed by atoms with van der Waals surface area (Å²) in [6, 6.07) is 8.04. The van der Waals surface area contributed by atoms with Crippen LogP contribution in [0.1, 0.15) is 75.4 Å². The average molecular weight is 532 g/mol. The average Bonchev–Trinajstić information content (AvgIpc) is 3.20. The zero-order chi connectivity index (χ0) is 28.5. The maximum atomic E-state index is 11.9. The van der Waals surface area contributed by atoms with Crippen LogP contribution in [-0.2, 0) is 16.8 Å². The van der Waals surface area contributed by atoms with E-state index < -0.39 is 17.1 Å². The molecule has 1 aliphatic heterocycles. The van der Waals surface area contributed by atoms with Crippen molar-refractivity contribution in [1.82, 2.24) is 15.5 Å². The first-order chi connectivity index (χ1) is 18.4. The van der Waals surface area contributed by atoms with Gasteiger partial charge in [0.25, 0.3) is 0 Å². The number of nitrogens with two attached hydrogens (primary N) is 1. The fraction of sp³-hybridized carbons (Fsp3) is 0.500. The molecule has 1 amide bonds. The Balaban J connectivity index is 1.61. The van der Waals surface area contributed by atoms with Crippen LogP contribution in [0, 0.1) is 47.8 Å². The van der Waals surface area contributed by atoms with Crippen LogP contribution in [0.5, 0.6) is 5.88 Å². The van der Waals surface area contributed by atoms with E-state index in [2.05, 4.69) is 33.4 Å². The quantitative estimate of drug-likeness (QED) is 0.424. The Morgan fingerprint density at radius 1 is 1.36 bits per heavy atom. The third-order valence-electron chi connectivity index (χ3n) is 7.35. The van der Waals surface area contributed by atoms with Gasteiger partial charge in [-0.3, -0.25) is 5.10 Å². The number of rotatable bonds is 5. The predicted molar refractivity (Wildman–Crippen MR) is 146 cm³/mol. The molecule has 4 rings (SSSR count). The maximum absolute atomic E-state index is 11.9. The molecule has 9 nitrogen and oxygen atoms in total. The van der Waals surface area contributed by atoms with Gasteiger partial charge in [-0.1, -0.05) is 31.8 Å². The number of nitriles is 1. The van der Waals surface area contributed by atoms with Crippen LogP contribution in [0.15, 0.2) is 29.7 Å². The van der Waals surface area contributed by atoms with Crippen molar-refractivity contribution in [2.75, 3.05) is 6.54 Å². The van der Waals surface area contributed by atoms with E-state index in [1.54, 1.807) is 0 Å². The van der Waals surface area contributed by atoms with Gasteiger partial charge in [-0.15, -0.1) is 5.10 Å². The molecule has 1 aliphatic carbocycles. The predicted octanol–water partition coefficient (Wildman–Crippen LogP) is 4.14. The normalized spacial score (nSPS) is 22.1. The molecule has 1 atom stereocenters. The van der Waals surface area contributed by atoms with Crippen molar-refractivity contribution >= 4 is 6.09 Å². The second-order valence-electron chi connectivity index (χ2n) is 11.7. The third-order valence-corrected chi connectivity index (χ3v) is 7.35. The number of nitrogens with one attached hydrogen (secondary N) is 2. The Kier molecular flexibility index (Phi) is 7.68. The highest BCUT2D eigenvalue weighted by Gasteiger charge is 2.50. The number of aryl methyl sites for hydroxylation is 1. The molecule has 0 spiro atoms. The van der Waals surface area contributed by atoms with Crippen LogP contribution in [0.2, 0.25) is 0 Å². The number of hydrogen-bond acceptors (Lipinski definition) is 7. The lowest BCUT2D eigenvalue weighted by atomic mass is 9.61. The van der Waals surface area contributed by atoms with Crippen molar-refractivity contribution in [3.8, 4) is 23.8 Å². The highest BCUT2D eigenvalue weighted by molar-refractivity contribution is 5.67. The number of aliphatic hydroxyl groups is 1. The van der Waals surface area contributed by atoms with Crippen LogP contribution in [0.3, 0.4) is 0 Å². The molecule has 206 valence electrons. The molecule has 9 heteroatoms. The molecule has 0 saturated heterocycles. The summed E-state index contributed by atoms with van der Waals surface area (Å²) in [7, 11) is 0. The zero-order valence-electron chi connectivity index (χ0n) is 23.4. The zero-order valence-corrected chi connectivity index (χ0v) is 23.4. The van der Waals surface area contributed by atoms with Crippen molar-refractivity contribution < 1.29 is 19.4 Å². The Morgan fingerprint density at radius 3 is 2.69 bits per heavy atom. The van der Waals surface area contributed by atoms with E-state index in [0.717, 1.165) is 35.2 Å². The Labute approximate surface area is 229 Å². The molecular formula is C30H37N5O4. The minimum absolute atomic E-state index is 0.0211. The van der Waals surface area contributed by atoms with Gasteiger partial charge in [-0.05, 0) is 75.6 Å². The fourth-order valence-corrected chi connectivity index (χ4v) is 5.59. The minimum atomic E-state index is -0.931. The number of aliphatic hydroxyl groups excluding tert-OH is 1. The number of H-pyrrole nitrogens is 1. The molecule has 1 aromatic heterocycles. The summed E-state index contributed by atoms with van der Waals surface area (Å²) in [5, 5.41) is 30.4. The van der Waals surface area contributed by atoms with Gasteiger partial charge in [0.15, 0.2) is 0 Å². The largest absolute Gasteiger partial charge is 0.444 e. The van der Waals surface area contributed by atoms with E-state index in [0.29, 0.717) is 29.5 Å². The first-order valence-corrected chi connectivity index (χ1v) is 13.3. The van der Waals surface area contributed by atoms with Gasteiger partial charge in [-0.25, -0.2) is 4.79 Å². The number of alkyl carbamates (subject to hydrolysis) is 1. The van der Waals surface area contributed by atoms with Crippen LogP contribution in [-0.4, -0.2) is 33.5 Å². The van der Waals surface area contributed by atoms with E-state index in [1.165, 1.54) is 0 Å². The van der Waals surface area contributed by atoms with Crippen molar-refractivity contribution in [3.63, 3.8) is 0 Å². The van der Waals surface area contributed by atoms with E-state index >= 15 is 0 Å². The number of hydrogen-bond donors (Lipinski definition) is 4. The summed E-state index contributed by atoms with van der Waals surface area (Å²) in [5.74, 6) is 7.49. The van der Waals surface area contributed by atoms with Crippen LogP contribution < -0.4 is 15.8 Å². The number of ether oxygens (including phenoxy) is 2. The second kappa shape index (κ2) is 10.7. The first kappa shape index (κ1) is 28.1. The number of amides is 1. The van der Waals surface area contributed by atoms with Gasteiger partial charge in [0.05, 0.1) is 17.6 Å². The summed E-state index contributed by atoms with van der Waals surface area (Å²) in [6.45, 7) is 11.9. The van der Waals surface area contributed by atoms with Gasteiger partial charge >= 0.3 is 6.09 Å². The Hall–Kier alpha value is -3.95. The molecule has 1 unspecified atom stereocenters. The van der Waals surface area contributed by atoms with Crippen molar-refractivity contribution in [2.24, 2.45) is 23.5 Å². The number of fused-ring (bicyclic) bond motifs is 1. The smallest absolute Gasteiger partial charge is 0.407 e. The van der Waals surface area contributed by atoms with E-state index in [1.807, 2.05) is 59.7 Å². The lowest BCUT2D eigenvalue weighted by Crippen LogP contribution is -2.41. The van der Waals surface area contributed by atoms with E-state index in [4.69, 9.17) is 15.2 Å². The molecule has 0 radical (unpaired) electrons. The highest BCUT2D eigenvalue weighted by Crippen LogP contribution is 2.52. The second-order valence-corrected chi connectivity index (χ2v) is 11.7. The maximum Gasteiger partial charge on any atom is 0.407 e. The summed E-state index contributed by atoms with van der Waals surface area (Å²) >= 11 is 0. The number of aromatic nitrogens is 2. The summed E-state index contributed by atoms with van der Waals surface area (Å²) in [6.07, 6.45) is 1.37. The molecule has 0 bridgehead atoms. The van der Waals surface area contributed by atoms with Gasteiger partial charge in [0.2, 0.25) is 11.8 Å². The van der Waals surface area contributed by atoms with Gasteiger partial charge in [0.1, 0.15) is 17.2 Å². The van der Waals surface area contributed by atoms with Gasteiger partial charge in [0, 0.05) is 23.7 Å². The fourth-order valence-electron chi connectivity index (χ4n) is 5.59. The molecule has 5 N–H and O–H groups in total. The molecule has 2 heterocycles. The van der Waals surface area contributed by atoms with Crippen molar-refractivity contribution in [1.29, 1.82) is 5.26 Å². The topological polar surface area (TPSA) is 146 Å². The molecule has 1 fully saturated rings. The van der Waals surface area contributed by atoms with Crippen molar-refractivity contribution in [2.45, 2.75) is 72.0 Å². The third kappa shape index (κ3) is 5.46. The molecule has 1 aromatic carbocycles. The molecule has 2 aliphatic rings. The number of allylic oxidation sites excluding steroid dienone is 1. The molecule has 1 saturated carbocycles. The molecule has 39 heavy (non-hydrogen) atoms. The number of nitrogens with zero attached hydrogens (tertiary/aromatic N) is 2. The SMILES string of the molecule is Cc1[nH]nc2c1C(c1cc(C#CC3CC(CNC(=O)OC(C)(C)C)C3)cc(CO)c1)(C(C)C)C(C#N)=C(N)O2.